The standard InChI is InChI=1S/C8H9BrClNO/c9-7-3-1-2-6(4-7)8(12)5-11-10/h1-4,8,11-12H,5H2. The van der Waals surface area contributed by atoms with Gasteiger partial charge < -0.3 is 5.11 Å². The molecule has 2 nitrogen and oxygen atoms in total. The fourth-order valence-electron chi connectivity index (χ4n) is 0.905. The molecule has 2 N–H and O–H groups in total. The third-order valence-electron chi connectivity index (χ3n) is 1.50. The van der Waals surface area contributed by atoms with E-state index < -0.39 is 6.10 Å². The van der Waals surface area contributed by atoms with Gasteiger partial charge in [-0.2, -0.15) is 0 Å². The highest BCUT2D eigenvalue weighted by Crippen LogP contribution is 2.17. The Morgan fingerprint density at radius 1 is 1.58 bits per heavy atom. The lowest BCUT2D eigenvalue weighted by atomic mass is 10.1. The summed E-state index contributed by atoms with van der Waals surface area (Å²) in [7, 11) is 0. The van der Waals surface area contributed by atoms with Gasteiger partial charge in [-0.05, 0) is 29.5 Å². The largest absolute Gasteiger partial charge is 0.387 e. The molecule has 1 aromatic carbocycles. The molecule has 0 amide bonds. The molecule has 0 aromatic heterocycles. The summed E-state index contributed by atoms with van der Waals surface area (Å²) in [5.74, 6) is 0. The second-order valence-electron chi connectivity index (χ2n) is 2.41. The molecule has 0 fully saturated rings. The molecule has 1 rings (SSSR count). The zero-order valence-corrected chi connectivity index (χ0v) is 8.64. The zero-order valence-electron chi connectivity index (χ0n) is 6.30. The average molecular weight is 251 g/mol. The molecule has 0 saturated carbocycles. The first-order valence-electron chi connectivity index (χ1n) is 3.51. The lowest BCUT2D eigenvalue weighted by Crippen LogP contribution is -2.12. The molecule has 0 saturated heterocycles. The van der Waals surface area contributed by atoms with E-state index in [1.165, 1.54) is 0 Å². The molecule has 4 heteroatoms. The molecule has 0 heterocycles. The van der Waals surface area contributed by atoms with E-state index in [0.717, 1.165) is 10.0 Å². The van der Waals surface area contributed by atoms with Gasteiger partial charge in [-0.15, -0.1) is 0 Å². The fraction of sp³-hybridized carbons (Fsp3) is 0.250. The second kappa shape index (κ2) is 4.82. The Kier molecular flexibility index (Phi) is 4.01. The maximum absolute atomic E-state index is 9.48. The molecule has 1 unspecified atom stereocenters. The lowest BCUT2D eigenvalue weighted by Gasteiger charge is -2.08. The van der Waals surface area contributed by atoms with E-state index in [1.54, 1.807) is 0 Å². The van der Waals surface area contributed by atoms with Crippen LogP contribution in [-0.4, -0.2) is 11.7 Å². The van der Waals surface area contributed by atoms with Crippen molar-refractivity contribution in [3.05, 3.63) is 34.3 Å². The van der Waals surface area contributed by atoms with Crippen molar-refractivity contribution in [1.82, 2.24) is 4.84 Å². The molecule has 1 aromatic rings. The number of benzene rings is 1. The van der Waals surface area contributed by atoms with Crippen LogP contribution in [0.2, 0.25) is 0 Å². The van der Waals surface area contributed by atoms with Crippen molar-refractivity contribution in [2.75, 3.05) is 6.54 Å². The minimum absolute atomic E-state index is 0.345. The van der Waals surface area contributed by atoms with Crippen molar-refractivity contribution < 1.29 is 5.11 Å². The summed E-state index contributed by atoms with van der Waals surface area (Å²) >= 11 is 8.58. The molecular formula is C8H9BrClNO. The molecular weight excluding hydrogens is 241 g/mol. The molecule has 0 aliphatic heterocycles. The van der Waals surface area contributed by atoms with Gasteiger partial charge in [-0.3, -0.25) is 0 Å². The van der Waals surface area contributed by atoms with Gasteiger partial charge in [0.25, 0.3) is 0 Å². The first-order valence-corrected chi connectivity index (χ1v) is 4.68. The molecule has 0 bridgehead atoms. The van der Waals surface area contributed by atoms with Gasteiger partial charge in [0, 0.05) is 11.0 Å². The summed E-state index contributed by atoms with van der Waals surface area (Å²) in [5, 5.41) is 9.48. The average Bonchev–Trinajstić information content (AvgIpc) is 2.05. The monoisotopic (exact) mass is 249 g/mol. The predicted octanol–water partition coefficient (Wildman–Crippen LogP) is 2.23. The molecule has 12 heavy (non-hydrogen) atoms. The van der Waals surface area contributed by atoms with Gasteiger partial charge >= 0.3 is 0 Å². The van der Waals surface area contributed by atoms with Crippen LogP contribution in [0.25, 0.3) is 0 Å². The van der Waals surface area contributed by atoms with E-state index in [0.29, 0.717) is 6.54 Å². The van der Waals surface area contributed by atoms with Crippen LogP contribution in [0.1, 0.15) is 11.7 Å². The maximum atomic E-state index is 9.48. The summed E-state index contributed by atoms with van der Waals surface area (Å²) in [5.41, 5.74) is 0.845. The molecule has 0 aliphatic rings. The maximum Gasteiger partial charge on any atom is 0.0927 e. The Morgan fingerprint density at radius 3 is 2.92 bits per heavy atom. The van der Waals surface area contributed by atoms with Crippen LogP contribution in [0.4, 0.5) is 0 Å². The summed E-state index contributed by atoms with van der Waals surface area (Å²) in [4.78, 5) is 2.39. The predicted molar refractivity (Wildman–Crippen MR) is 53.0 cm³/mol. The van der Waals surface area contributed by atoms with Crippen LogP contribution in [0.5, 0.6) is 0 Å². The van der Waals surface area contributed by atoms with Gasteiger partial charge in [0.1, 0.15) is 0 Å². The van der Waals surface area contributed by atoms with Crippen LogP contribution in [-0.2, 0) is 0 Å². The van der Waals surface area contributed by atoms with Crippen LogP contribution in [0, 0.1) is 0 Å². The minimum atomic E-state index is -0.556. The van der Waals surface area contributed by atoms with Gasteiger partial charge in [-0.1, -0.05) is 28.1 Å². The number of hydrogen-bond donors (Lipinski definition) is 2. The van der Waals surface area contributed by atoms with E-state index in [4.69, 9.17) is 11.8 Å². The SMILES string of the molecule is OC(CNCl)c1cccc(Br)c1. The van der Waals surface area contributed by atoms with Gasteiger partial charge in [0.05, 0.1) is 6.10 Å². The van der Waals surface area contributed by atoms with Crippen molar-refractivity contribution in [2.45, 2.75) is 6.10 Å². The first-order chi connectivity index (χ1) is 5.74. The van der Waals surface area contributed by atoms with Crippen molar-refractivity contribution in [3.63, 3.8) is 0 Å². The number of aliphatic hydroxyl groups is 1. The van der Waals surface area contributed by atoms with E-state index in [2.05, 4.69) is 20.8 Å². The van der Waals surface area contributed by atoms with Crippen LogP contribution >= 0.6 is 27.7 Å². The van der Waals surface area contributed by atoms with Crippen molar-refractivity contribution in [3.8, 4) is 0 Å². The summed E-state index contributed by atoms with van der Waals surface area (Å²) in [6.07, 6.45) is -0.556. The summed E-state index contributed by atoms with van der Waals surface area (Å²) in [6, 6.07) is 7.49. The summed E-state index contributed by atoms with van der Waals surface area (Å²) < 4.78 is 0.952. The molecule has 0 spiro atoms. The second-order valence-corrected chi connectivity index (χ2v) is 3.59. The Balaban J connectivity index is 2.73. The molecule has 1 atom stereocenters. The molecule has 66 valence electrons. The summed E-state index contributed by atoms with van der Waals surface area (Å²) in [6.45, 7) is 0.345. The van der Waals surface area contributed by atoms with Crippen LogP contribution in [0.3, 0.4) is 0 Å². The van der Waals surface area contributed by atoms with E-state index in [-0.39, 0.29) is 0 Å². The third kappa shape index (κ3) is 2.75. The van der Waals surface area contributed by atoms with E-state index >= 15 is 0 Å². The van der Waals surface area contributed by atoms with Gasteiger partial charge in [0.2, 0.25) is 0 Å². The number of hydrogen-bond acceptors (Lipinski definition) is 2. The van der Waals surface area contributed by atoms with Gasteiger partial charge in [0.15, 0.2) is 0 Å². The molecule has 0 radical (unpaired) electrons. The minimum Gasteiger partial charge on any atom is -0.387 e. The topological polar surface area (TPSA) is 32.3 Å². The Morgan fingerprint density at radius 2 is 2.33 bits per heavy atom. The normalized spacial score (nSPS) is 12.9. The number of halogens is 2. The van der Waals surface area contributed by atoms with Crippen LogP contribution in [0.15, 0.2) is 28.7 Å². The van der Waals surface area contributed by atoms with Crippen molar-refractivity contribution in [2.24, 2.45) is 0 Å². The number of nitrogens with one attached hydrogen (secondary N) is 1. The number of rotatable bonds is 3. The Labute approximate surface area is 84.8 Å². The van der Waals surface area contributed by atoms with E-state index in [1.807, 2.05) is 24.3 Å². The highest BCUT2D eigenvalue weighted by atomic mass is 79.9. The highest BCUT2D eigenvalue weighted by molar-refractivity contribution is 9.10. The smallest absolute Gasteiger partial charge is 0.0927 e. The quantitative estimate of drug-likeness (QED) is 0.807. The van der Waals surface area contributed by atoms with Crippen LogP contribution < -0.4 is 4.84 Å². The van der Waals surface area contributed by atoms with E-state index in [9.17, 15) is 5.11 Å². The Bertz CT molecular complexity index is 257. The van der Waals surface area contributed by atoms with Crippen molar-refractivity contribution in [1.29, 1.82) is 0 Å². The molecule has 0 aliphatic carbocycles. The highest BCUT2D eigenvalue weighted by Gasteiger charge is 2.05. The fourth-order valence-corrected chi connectivity index (χ4v) is 1.47. The van der Waals surface area contributed by atoms with Crippen molar-refractivity contribution >= 4 is 27.7 Å². The number of aliphatic hydroxyl groups excluding tert-OH is 1. The lowest BCUT2D eigenvalue weighted by molar-refractivity contribution is 0.182. The Hall–Kier alpha value is -0.0900. The zero-order chi connectivity index (χ0) is 8.97. The van der Waals surface area contributed by atoms with Gasteiger partial charge in [-0.25, -0.2) is 4.84 Å². The first kappa shape index (κ1) is 9.99. The third-order valence-corrected chi connectivity index (χ3v) is 2.15.